The Kier molecular flexibility index (Phi) is 5.30. The van der Waals surface area contributed by atoms with E-state index in [0.29, 0.717) is 0 Å². The van der Waals surface area contributed by atoms with E-state index in [1.165, 1.54) is 65.2 Å². The van der Waals surface area contributed by atoms with Gasteiger partial charge in [0.25, 0.3) is 0 Å². The Bertz CT molecular complexity index is 856. The maximum absolute atomic E-state index is 3.35. The highest BCUT2D eigenvalue weighted by Gasteiger charge is 2.20. The number of para-hydroxylation sites is 2. The molecule has 27 heavy (non-hydrogen) atoms. The maximum Gasteiger partial charge on any atom is 0.133 e. The summed E-state index contributed by atoms with van der Waals surface area (Å²) < 4.78 is 0. The first-order valence-electron chi connectivity index (χ1n) is 10.1. The second-order valence-electron chi connectivity index (χ2n) is 7.57. The fourth-order valence-electron chi connectivity index (χ4n) is 4.38. The van der Waals surface area contributed by atoms with Gasteiger partial charge in [0.05, 0.1) is 6.54 Å². The van der Waals surface area contributed by atoms with Gasteiger partial charge in [-0.2, -0.15) is 0 Å². The van der Waals surface area contributed by atoms with Crippen molar-refractivity contribution < 1.29 is 5.32 Å². The van der Waals surface area contributed by atoms with Crippen LogP contribution in [0.25, 0.3) is 0 Å². The van der Waals surface area contributed by atoms with E-state index in [9.17, 15) is 0 Å². The Hall–Kier alpha value is -2.52. The van der Waals surface area contributed by atoms with E-state index >= 15 is 0 Å². The minimum absolute atomic E-state index is 1.11. The van der Waals surface area contributed by atoms with E-state index in [2.05, 4.69) is 77.2 Å². The molecule has 2 aromatic carbocycles. The molecule has 1 aliphatic carbocycles. The van der Waals surface area contributed by atoms with Crippen LogP contribution in [0.2, 0.25) is 0 Å². The first-order chi connectivity index (χ1) is 13.3. The largest absolute Gasteiger partial charge is 0.388 e. The molecule has 0 atom stereocenters. The number of hydrogen-bond donors (Lipinski definition) is 2. The third-order valence-electron chi connectivity index (χ3n) is 5.84. The van der Waals surface area contributed by atoms with Gasteiger partial charge in [0.2, 0.25) is 0 Å². The smallest absolute Gasteiger partial charge is 0.133 e. The zero-order valence-electron chi connectivity index (χ0n) is 16.5. The quantitative estimate of drug-likeness (QED) is 0.801. The van der Waals surface area contributed by atoms with Gasteiger partial charge in [-0.15, -0.1) is 0 Å². The van der Waals surface area contributed by atoms with Crippen molar-refractivity contribution in [3.63, 3.8) is 0 Å². The van der Waals surface area contributed by atoms with Crippen LogP contribution in [0.1, 0.15) is 30.9 Å². The zero-order chi connectivity index (χ0) is 18.6. The number of benzene rings is 2. The van der Waals surface area contributed by atoms with Crippen LogP contribution in [0.4, 0.5) is 11.4 Å². The predicted molar refractivity (Wildman–Crippen MR) is 113 cm³/mol. The maximum atomic E-state index is 3.35. The highest BCUT2D eigenvalue weighted by Crippen LogP contribution is 2.33. The number of quaternary nitrogens is 1. The van der Waals surface area contributed by atoms with Crippen LogP contribution >= 0.6 is 0 Å². The molecule has 5 rings (SSSR count). The molecule has 2 aliphatic heterocycles. The molecule has 0 saturated carbocycles. The van der Waals surface area contributed by atoms with Crippen molar-refractivity contribution in [2.45, 2.75) is 32.6 Å². The molecule has 0 saturated heterocycles. The summed E-state index contributed by atoms with van der Waals surface area (Å²) in [7, 11) is 2.02. The number of nitrogens with zero attached hydrogens (tertiary/aromatic N) is 1. The molecular weight excluding hydrogens is 330 g/mol. The van der Waals surface area contributed by atoms with Crippen molar-refractivity contribution in [1.82, 2.24) is 5.32 Å². The fourth-order valence-corrected chi connectivity index (χ4v) is 4.38. The van der Waals surface area contributed by atoms with Crippen LogP contribution in [0.5, 0.6) is 0 Å². The number of rotatable bonds is 2. The molecule has 3 N–H and O–H groups in total. The van der Waals surface area contributed by atoms with Gasteiger partial charge in [-0.25, -0.2) is 0 Å². The predicted octanol–water partition coefficient (Wildman–Crippen LogP) is 3.66. The van der Waals surface area contributed by atoms with Crippen molar-refractivity contribution in [2.75, 3.05) is 25.0 Å². The van der Waals surface area contributed by atoms with Gasteiger partial charge in [0.15, 0.2) is 0 Å². The van der Waals surface area contributed by atoms with Crippen molar-refractivity contribution in [3.05, 3.63) is 82.7 Å². The molecule has 0 spiro atoms. The summed E-state index contributed by atoms with van der Waals surface area (Å²) in [6.45, 7) is 4.57. The summed E-state index contributed by atoms with van der Waals surface area (Å²) in [4.78, 5) is 2.40. The molecule has 140 valence electrons. The van der Waals surface area contributed by atoms with Crippen LogP contribution in [-0.2, 0) is 12.8 Å². The molecule has 0 bridgehead atoms. The lowest BCUT2D eigenvalue weighted by atomic mass is 10.2. The van der Waals surface area contributed by atoms with E-state index in [4.69, 9.17) is 0 Å². The number of fused-ring (bicyclic) bond motifs is 2. The van der Waals surface area contributed by atoms with Gasteiger partial charge < -0.3 is 15.5 Å². The lowest BCUT2D eigenvalue weighted by molar-refractivity contribution is -0.561. The van der Waals surface area contributed by atoms with Crippen molar-refractivity contribution in [2.24, 2.45) is 0 Å². The summed E-state index contributed by atoms with van der Waals surface area (Å²) in [6, 6.07) is 17.3. The van der Waals surface area contributed by atoms with Crippen LogP contribution in [-0.4, -0.2) is 20.1 Å². The van der Waals surface area contributed by atoms with Crippen molar-refractivity contribution in [3.8, 4) is 0 Å². The number of nitrogens with one attached hydrogen (secondary N) is 1. The van der Waals surface area contributed by atoms with Gasteiger partial charge in [-0.3, -0.25) is 0 Å². The summed E-state index contributed by atoms with van der Waals surface area (Å²) in [6.07, 6.45) is 7.11. The Morgan fingerprint density at radius 1 is 0.926 bits per heavy atom. The molecule has 0 fully saturated rings. The molecule has 0 amide bonds. The van der Waals surface area contributed by atoms with E-state index in [1.54, 1.807) is 0 Å². The monoisotopic (exact) mass is 360 g/mol. The Morgan fingerprint density at radius 3 is 2.52 bits per heavy atom. The topological polar surface area (TPSA) is 31.9 Å². The number of anilines is 1. The molecule has 3 nitrogen and oxygen atoms in total. The molecule has 0 unspecified atom stereocenters. The van der Waals surface area contributed by atoms with Gasteiger partial charge >= 0.3 is 0 Å². The van der Waals surface area contributed by atoms with Crippen LogP contribution in [0, 0.1) is 0 Å². The second kappa shape index (κ2) is 8.01. The highest BCUT2D eigenvalue weighted by molar-refractivity contribution is 5.61. The SMILES string of the molecule is CNC1=C(C)CC/C1=C\N1CCc2ccccc21.c1ccc2c(c1)CC[NH2+]2. The number of nitrogens with two attached hydrogens (primary N) is 1. The summed E-state index contributed by atoms with van der Waals surface area (Å²) in [5.41, 5.74) is 10.1. The third kappa shape index (κ3) is 3.79. The highest BCUT2D eigenvalue weighted by atomic mass is 15.1. The molecule has 2 aromatic rings. The van der Waals surface area contributed by atoms with E-state index in [-0.39, 0.29) is 0 Å². The van der Waals surface area contributed by atoms with E-state index in [0.717, 1.165) is 13.0 Å². The minimum atomic E-state index is 1.11. The summed E-state index contributed by atoms with van der Waals surface area (Å²) >= 11 is 0. The molecule has 3 aliphatic rings. The lowest BCUT2D eigenvalue weighted by Crippen LogP contribution is -2.75. The molecular formula is C24H30N3+. The molecule has 0 aromatic heterocycles. The Labute approximate surface area is 162 Å². The lowest BCUT2D eigenvalue weighted by Gasteiger charge is -2.16. The molecule has 3 heteroatoms. The minimum Gasteiger partial charge on any atom is -0.388 e. The van der Waals surface area contributed by atoms with Crippen LogP contribution in [0.3, 0.4) is 0 Å². The van der Waals surface area contributed by atoms with E-state index < -0.39 is 0 Å². The number of allylic oxidation sites excluding steroid dienone is 2. The van der Waals surface area contributed by atoms with Gasteiger partial charge in [-0.05, 0) is 55.0 Å². The Morgan fingerprint density at radius 2 is 1.70 bits per heavy atom. The number of hydrogen-bond acceptors (Lipinski definition) is 2. The van der Waals surface area contributed by atoms with Crippen LogP contribution in [0.15, 0.2) is 71.6 Å². The molecule has 2 heterocycles. The fraction of sp³-hybridized carbons (Fsp3) is 0.333. The van der Waals surface area contributed by atoms with Gasteiger partial charge in [0.1, 0.15) is 5.69 Å². The van der Waals surface area contributed by atoms with Crippen molar-refractivity contribution >= 4 is 11.4 Å². The average Bonchev–Trinajstić information content (AvgIpc) is 3.42. The molecule has 0 radical (unpaired) electrons. The first-order valence-corrected chi connectivity index (χ1v) is 10.1. The normalized spacial score (nSPS) is 19.0. The standard InChI is InChI=1S/C16H20N2.C8H9N/c1-12-7-8-14(16(12)17-2)11-18-10-9-13-5-3-4-6-15(13)18;1-2-4-8-7(3-1)5-6-9-8/h3-6,11,17H,7-10H2,1-2H3;1-4,9H,5-6H2/p+1/b14-11+;. The van der Waals surface area contributed by atoms with Crippen molar-refractivity contribution in [1.29, 1.82) is 0 Å². The first kappa shape index (κ1) is 17.9. The summed E-state index contributed by atoms with van der Waals surface area (Å²) in [5, 5.41) is 5.65. The number of likely N-dealkylation sites (N-methyl/N-ethyl adjacent to an activating group) is 1. The van der Waals surface area contributed by atoms with Crippen LogP contribution < -0.4 is 15.5 Å². The average molecular weight is 361 g/mol. The Balaban J connectivity index is 0.000000167. The van der Waals surface area contributed by atoms with Gasteiger partial charge in [-0.1, -0.05) is 36.4 Å². The zero-order valence-corrected chi connectivity index (χ0v) is 16.5. The van der Waals surface area contributed by atoms with Gasteiger partial charge in [0, 0.05) is 43.2 Å². The third-order valence-corrected chi connectivity index (χ3v) is 5.84. The summed E-state index contributed by atoms with van der Waals surface area (Å²) in [5.74, 6) is 0. The van der Waals surface area contributed by atoms with E-state index in [1.807, 2.05) is 7.05 Å². The second-order valence-corrected chi connectivity index (χ2v) is 7.57.